The summed E-state index contributed by atoms with van der Waals surface area (Å²) in [5.74, 6) is -196. The Morgan fingerprint density at radius 2 is 0.203 bits per heavy atom. The molecule has 0 aromatic heterocycles. The minimum absolute atomic E-state index is 7.35. The molecule has 39 heteroatoms. The number of alkyl halides is 38. The summed E-state index contributed by atoms with van der Waals surface area (Å²) in [5, 5.41) is 0. The molecule has 0 heterocycles. The molecule has 0 aliphatic heterocycles. The van der Waals surface area contributed by atoms with Gasteiger partial charge >= 0.3 is 113 Å². The highest BCUT2D eigenvalue weighted by atomic mass is 19.4. The quantitative estimate of drug-likeness (QED) is 0.212. The van der Waals surface area contributed by atoms with Gasteiger partial charge in [-0.3, -0.25) is 0 Å². The van der Waals surface area contributed by atoms with E-state index in [9.17, 15) is 171 Å². The maximum absolute atomic E-state index is 13.9. The van der Waals surface area contributed by atoms with Crippen LogP contribution in [0.25, 0.3) is 0 Å². The van der Waals surface area contributed by atoms with Gasteiger partial charge in [0.15, 0.2) is 0 Å². The van der Waals surface area contributed by atoms with E-state index in [0.717, 1.165) is 0 Å². The van der Waals surface area contributed by atoms with Crippen LogP contribution in [-0.2, 0) is 0 Å². The third-order valence-electron chi connectivity index (χ3n) is 7.65. The van der Waals surface area contributed by atoms with E-state index in [0.29, 0.717) is 0 Å². The van der Waals surface area contributed by atoms with Gasteiger partial charge in [0.2, 0.25) is 0 Å². The summed E-state index contributed by atoms with van der Waals surface area (Å²) in [6.45, 7) is 0. The lowest BCUT2D eigenvalue weighted by Crippen LogP contribution is -2.81. The topological polar surface area (TPSA) is 0 Å². The van der Waals surface area contributed by atoms with Gasteiger partial charge in [-0.05, 0) is 0 Å². The fraction of sp³-hybridized carbons (Fsp3) is 0.950. The van der Waals surface area contributed by atoms with Crippen LogP contribution in [0.15, 0.2) is 0 Å². The first-order valence-corrected chi connectivity index (χ1v) is 12.4. The van der Waals surface area contributed by atoms with Crippen molar-refractivity contribution in [2.75, 3.05) is 0 Å². The summed E-state index contributed by atoms with van der Waals surface area (Å²) < 4.78 is 541. The van der Waals surface area contributed by atoms with Crippen LogP contribution in [0.2, 0.25) is 0 Å². The summed E-state index contributed by atoms with van der Waals surface area (Å²) in [6, 6.07) is 0. The predicted molar refractivity (Wildman–Crippen MR) is 98.3 cm³/mol. The Morgan fingerprint density at radius 1 is 0.136 bits per heavy atom. The molecule has 59 heavy (non-hydrogen) atoms. The lowest BCUT2D eigenvalue weighted by atomic mass is 9.80. The van der Waals surface area contributed by atoms with Crippen LogP contribution >= 0.6 is 0 Å². The van der Waals surface area contributed by atoms with Gasteiger partial charge in [0, 0.05) is 0 Å². The SMILES string of the molecule is F[C]1C(F)(F)C(F)(F)C(F)(F)C(F)(F)C(F)(F)C(F)(F)C(F)(F)C(F)(F)C(F)(F)C(F)(F)C(F)(F)C(F)(F)C(F)(F)C(F)(F)C(F)(F)C(F)(F)C(F)(F)C(F)(F)C1(F)F. The lowest BCUT2D eigenvalue weighted by molar-refractivity contribution is -0.496. The molecule has 0 aromatic rings. The molecule has 0 bridgehead atoms. The van der Waals surface area contributed by atoms with E-state index >= 15 is 0 Å². The van der Waals surface area contributed by atoms with E-state index in [1.54, 1.807) is 0 Å². The zero-order chi connectivity index (χ0) is 49.1. The van der Waals surface area contributed by atoms with Crippen molar-refractivity contribution in [2.24, 2.45) is 0 Å². The van der Waals surface area contributed by atoms with Gasteiger partial charge in [0.1, 0.15) is 0 Å². The van der Waals surface area contributed by atoms with E-state index < -0.39 is 119 Å². The summed E-state index contributed by atoms with van der Waals surface area (Å²) in [5.41, 5.74) is 0. The van der Waals surface area contributed by atoms with Gasteiger partial charge in [-0.15, -0.1) is 0 Å². The first kappa shape index (κ1) is 54.3. The summed E-state index contributed by atoms with van der Waals surface area (Å²) >= 11 is 0. The Hall–Kier alpha value is -2.73. The third-order valence-corrected chi connectivity index (χ3v) is 7.65. The molecule has 353 valence electrons. The third kappa shape index (κ3) is 5.35. The summed E-state index contributed by atoms with van der Waals surface area (Å²) in [7, 11) is 0. The van der Waals surface area contributed by atoms with E-state index in [-0.39, 0.29) is 0 Å². The molecule has 0 N–H and O–H groups in total. The summed E-state index contributed by atoms with van der Waals surface area (Å²) in [6.07, 6.45) is -7.35. The van der Waals surface area contributed by atoms with Crippen molar-refractivity contribution in [3.05, 3.63) is 6.17 Å². The highest BCUT2D eigenvalue weighted by molar-refractivity contribution is 5.27. The fourth-order valence-corrected chi connectivity index (χ4v) is 3.82. The molecule has 0 atom stereocenters. The van der Waals surface area contributed by atoms with Crippen molar-refractivity contribution < 1.29 is 171 Å². The number of rotatable bonds is 0. The molecular formula is C20F39. The van der Waals surface area contributed by atoms with Crippen LogP contribution in [0.4, 0.5) is 171 Å². The highest BCUT2D eigenvalue weighted by Crippen LogP contribution is 2.72. The van der Waals surface area contributed by atoms with Crippen LogP contribution < -0.4 is 0 Å². The van der Waals surface area contributed by atoms with Crippen molar-refractivity contribution in [3.63, 3.8) is 0 Å². The maximum Gasteiger partial charge on any atom is 0.385 e. The Kier molecular flexibility index (Phi) is 11.5. The summed E-state index contributed by atoms with van der Waals surface area (Å²) in [4.78, 5) is 0. The molecule has 1 aliphatic rings. The van der Waals surface area contributed by atoms with Gasteiger partial charge in [0.25, 0.3) is 6.17 Å². The molecule has 0 nitrogen and oxygen atoms in total. The van der Waals surface area contributed by atoms with Gasteiger partial charge in [-0.1, -0.05) is 0 Å². The molecule has 0 saturated heterocycles. The molecular weight excluding hydrogens is 981 g/mol. The molecule has 1 aliphatic carbocycles. The molecule has 0 unspecified atom stereocenters. The molecule has 1 rings (SSSR count). The van der Waals surface area contributed by atoms with Gasteiger partial charge in [0.05, 0.1) is 0 Å². The van der Waals surface area contributed by atoms with Crippen molar-refractivity contribution >= 4 is 0 Å². The molecule has 1 saturated carbocycles. The largest absolute Gasteiger partial charge is 0.385 e. The molecule has 0 amide bonds. The molecule has 1 fully saturated rings. The standard InChI is InChI=1S/C20F39/c21-1-2(22,23)4(26,27)6(30,31)8(34,35)10(38,39)12(42,43)14(46,47)16(50,51)18(54,55)20(58,59)19(56,57)17(52,53)15(48,49)13(44,45)11(40,41)9(36,37)7(32,33)5(28,29)3(1,24)25. The zero-order valence-corrected chi connectivity index (χ0v) is 24.7. The number of hydrogen-bond acceptors (Lipinski definition) is 0. The molecule has 1 radical (unpaired) electrons. The average molecular weight is 981 g/mol. The molecule has 0 spiro atoms. The minimum Gasteiger partial charge on any atom is -0.226 e. The van der Waals surface area contributed by atoms with Crippen LogP contribution in [0, 0.1) is 6.17 Å². The van der Waals surface area contributed by atoms with Crippen molar-refractivity contribution in [1.29, 1.82) is 0 Å². The lowest BCUT2D eigenvalue weighted by Gasteiger charge is -2.48. The highest BCUT2D eigenvalue weighted by Gasteiger charge is 3.04. The first-order chi connectivity index (χ1) is 24.7. The fourth-order valence-electron chi connectivity index (χ4n) is 3.82. The Morgan fingerprint density at radius 3 is 0.288 bits per heavy atom. The maximum atomic E-state index is 13.9. The zero-order valence-electron chi connectivity index (χ0n) is 24.7. The van der Waals surface area contributed by atoms with E-state index in [2.05, 4.69) is 0 Å². The Balaban J connectivity index is 4.95. The van der Waals surface area contributed by atoms with E-state index in [1.165, 1.54) is 0 Å². The number of halogens is 39. The smallest absolute Gasteiger partial charge is 0.226 e. The first-order valence-electron chi connectivity index (χ1n) is 12.4. The van der Waals surface area contributed by atoms with Crippen LogP contribution in [0.1, 0.15) is 0 Å². The van der Waals surface area contributed by atoms with Crippen molar-refractivity contribution in [2.45, 2.75) is 113 Å². The number of hydrogen-bond donors (Lipinski definition) is 0. The second-order valence-corrected chi connectivity index (χ2v) is 11.2. The van der Waals surface area contributed by atoms with Gasteiger partial charge in [-0.25, -0.2) is 4.39 Å². The van der Waals surface area contributed by atoms with Crippen LogP contribution in [0.5, 0.6) is 0 Å². The molecule has 0 aromatic carbocycles. The monoisotopic (exact) mass is 981 g/mol. The second-order valence-electron chi connectivity index (χ2n) is 11.2. The van der Waals surface area contributed by atoms with Crippen molar-refractivity contribution in [1.82, 2.24) is 0 Å². The van der Waals surface area contributed by atoms with Gasteiger partial charge in [-0.2, -0.15) is 167 Å². The minimum atomic E-state index is -10.5. The van der Waals surface area contributed by atoms with Crippen LogP contribution in [-0.4, -0.2) is 113 Å². The van der Waals surface area contributed by atoms with E-state index in [4.69, 9.17) is 0 Å². The second kappa shape index (κ2) is 12.5. The predicted octanol–water partition coefficient (Wildman–Crippen LogP) is 12.6. The van der Waals surface area contributed by atoms with E-state index in [1.807, 2.05) is 0 Å². The Bertz CT molecular complexity index is 1470. The Labute approximate surface area is 291 Å². The van der Waals surface area contributed by atoms with Crippen LogP contribution in [0.3, 0.4) is 0 Å². The van der Waals surface area contributed by atoms with Gasteiger partial charge < -0.3 is 0 Å². The normalized spacial score (nSPS) is 33.8. The average Bonchev–Trinajstić information content (AvgIpc) is 3.01. The van der Waals surface area contributed by atoms with Crippen molar-refractivity contribution in [3.8, 4) is 0 Å².